The number of hydrogen-bond donors (Lipinski definition) is 2. The molecule has 0 radical (unpaired) electrons. The van der Waals surface area contributed by atoms with Gasteiger partial charge in [0.2, 0.25) is 0 Å². The molecular formula is C24H20N2O3. The van der Waals surface area contributed by atoms with Crippen molar-refractivity contribution in [3.8, 4) is 0 Å². The largest absolute Gasteiger partial charge is 0.462 e. The summed E-state index contributed by atoms with van der Waals surface area (Å²) < 4.78 is 5.11. The van der Waals surface area contributed by atoms with Crippen LogP contribution < -0.4 is 10.6 Å². The van der Waals surface area contributed by atoms with Gasteiger partial charge in [0.15, 0.2) is 0 Å². The molecule has 3 aromatic rings. The van der Waals surface area contributed by atoms with E-state index in [4.69, 9.17) is 4.74 Å². The Morgan fingerprint density at radius 3 is 2.31 bits per heavy atom. The molecule has 5 nitrogen and oxygen atoms in total. The zero-order chi connectivity index (χ0) is 20.2. The standard InChI is InChI=1S/C24H20N2O3/c1-2-29-24(28)17-13-14-20-19(15-17)21(23(27)26-20)22(16-9-5-3-6-10-16)25-18-11-7-4-8-12-18/h3-15,25H,2H2,1H3,(H,26,27). The van der Waals surface area contributed by atoms with Crippen LogP contribution in [0.3, 0.4) is 0 Å². The Balaban J connectivity index is 1.88. The van der Waals surface area contributed by atoms with Crippen molar-refractivity contribution >= 4 is 34.5 Å². The fraction of sp³-hybridized carbons (Fsp3) is 0.0833. The van der Waals surface area contributed by atoms with Gasteiger partial charge in [-0.05, 0) is 42.8 Å². The molecule has 3 aromatic carbocycles. The van der Waals surface area contributed by atoms with Crippen molar-refractivity contribution < 1.29 is 14.3 Å². The highest BCUT2D eigenvalue weighted by Crippen LogP contribution is 2.38. The van der Waals surface area contributed by atoms with E-state index in [9.17, 15) is 9.59 Å². The van der Waals surface area contributed by atoms with Gasteiger partial charge in [-0.15, -0.1) is 0 Å². The fourth-order valence-corrected chi connectivity index (χ4v) is 3.31. The van der Waals surface area contributed by atoms with Gasteiger partial charge in [0.25, 0.3) is 5.91 Å². The highest BCUT2D eigenvalue weighted by atomic mass is 16.5. The molecule has 0 saturated carbocycles. The van der Waals surface area contributed by atoms with Gasteiger partial charge in [-0.25, -0.2) is 4.79 Å². The highest BCUT2D eigenvalue weighted by molar-refractivity contribution is 6.37. The van der Waals surface area contributed by atoms with Crippen molar-refractivity contribution in [2.24, 2.45) is 0 Å². The van der Waals surface area contributed by atoms with Crippen LogP contribution in [0.25, 0.3) is 11.3 Å². The van der Waals surface area contributed by atoms with Crippen LogP contribution in [0.1, 0.15) is 28.4 Å². The quantitative estimate of drug-likeness (QED) is 0.490. The number of carbonyl (C=O) groups is 2. The smallest absolute Gasteiger partial charge is 0.338 e. The molecule has 1 aliphatic heterocycles. The number of hydrogen-bond acceptors (Lipinski definition) is 4. The predicted molar refractivity (Wildman–Crippen MR) is 114 cm³/mol. The molecule has 2 N–H and O–H groups in total. The Labute approximate surface area is 169 Å². The molecule has 0 fully saturated rings. The van der Waals surface area contributed by atoms with E-state index in [2.05, 4.69) is 10.6 Å². The van der Waals surface area contributed by atoms with Crippen molar-refractivity contribution in [3.05, 3.63) is 95.6 Å². The van der Waals surface area contributed by atoms with Crippen molar-refractivity contribution in [1.82, 2.24) is 0 Å². The Kier molecular flexibility index (Phi) is 5.12. The van der Waals surface area contributed by atoms with Crippen LogP contribution in [0.5, 0.6) is 0 Å². The summed E-state index contributed by atoms with van der Waals surface area (Å²) in [6.45, 7) is 2.06. The minimum atomic E-state index is -0.411. The minimum absolute atomic E-state index is 0.219. The third kappa shape index (κ3) is 3.75. The van der Waals surface area contributed by atoms with Gasteiger partial charge in [-0.3, -0.25) is 4.79 Å². The molecular weight excluding hydrogens is 364 g/mol. The summed E-state index contributed by atoms with van der Waals surface area (Å²) in [4.78, 5) is 25.1. The van der Waals surface area contributed by atoms with Gasteiger partial charge >= 0.3 is 5.97 Å². The summed E-state index contributed by atoms with van der Waals surface area (Å²) in [7, 11) is 0. The third-order valence-corrected chi connectivity index (χ3v) is 4.63. The number of carbonyl (C=O) groups excluding carboxylic acids is 2. The molecule has 4 rings (SSSR count). The third-order valence-electron chi connectivity index (χ3n) is 4.63. The predicted octanol–water partition coefficient (Wildman–Crippen LogP) is 4.80. The second kappa shape index (κ2) is 8.02. The maximum absolute atomic E-state index is 12.9. The summed E-state index contributed by atoms with van der Waals surface area (Å²) in [6.07, 6.45) is 0. The molecule has 1 heterocycles. The molecule has 0 aromatic heterocycles. The van der Waals surface area contributed by atoms with Crippen molar-refractivity contribution in [1.29, 1.82) is 0 Å². The topological polar surface area (TPSA) is 67.4 Å². The Morgan fingerprint density at radius 2 is 1.62 bits per heavy atom. The minimum Gasteiger partial charge on any atom is -0.462 e. The van der Waals surface area contributed by atoms with Crippen molar-refractivity contribution in [2.75, 3.05) is 17.2 Å². The molecule has 1 aliphatic rings. The number of ether oxygens (including phenoxy) is 1. The van der Waals surface area contributed by atoms with Crippen LogP contribution in [-0.4, -0.2) is 18.5 Å². The van der Waals surface area contributed by atoms with Crippen LogP contribution in [0.4, 0.5) is 11.4 Å². The lowest BCUT2D eigenvalue weighted by Crippen LogP contribution is -2.10. The average Bonchev–Trinajstić information content (AvgIpc) is 3.08. The SMILES string of the molecule is CCOC(=O)c1ccc2c(c1)C(=C(Nc1ccccc1)c1ccccc1)C(=O)N2. The summed E-state index contributed by atoms with van der Waals surface area (Å²) in [5, 5.41) is 6.28. The fourth-order valence-electron chi connectivity index (χ4n) is 3.31. The van der Waals surface area contributed by atoms with E-state index in [0.29, 0.717) is 34.7 Å². The van der Waals surface area contributed by atoms with E-state index in [1.54, 1.807) is 25.1 Å². The molecule has 0 unspecified atom stereocenters. The van der Waals surface area contributed by atoms with Gasteiger partial charge < -0.3 is 15.4 Å². The lowest BCUT2D eigenvalue weighted by molar-refractivity contribution is -0.110. The molecule has 0 atom stereocenters. The number of para-hydroxylation sites is 1. The monoisotopic (exact) mass is 384 g/mol. The molecule has 0 spiro atoms. The zero-order valence-electron chi connectivity index (χ0n) is 15.9. The number of amides is 1. The van der Waals surface area contributed by atoms with Crippen molar-refractivity contribution in [3.63, 3.8) is 0 Å². The van der Waals surface area contributed by atoms with E-state index in [0.717, 1.165) is 11.3 Å². The van der Waals surface area contributed by atoms with E-state index in [1.807, 2.05) is 60.7 Å². The van der Waals surface area contributed by atoms with Gasteiger partial charge in [-0.2, -0.15) is 0 Å². The number of anilines is 2. The van der Waals surface area contributed by atoms with E-state index >= 15 is 0 Å². The lowest BCUT2D eigenvalue weighted by atomic mass is 9.98. The molecule has 144 valence electrons. The number of benzene rings is 3. The van der Waals surface area contributed by atoms with Crippen LogP contribution in [0.15, 0.2) is 78.9 Å². The first-order chi connectivity index (χ1) is 14.2. The molecule has 0 aliphatic carbocycles. The van der Waals surface area contributed by atoms with E-state index < -0.39 is 5.97 Å². The first kappa shape index (κ1) is 18.5. The van der Waals surface area contributed by atoms with Crippen LogP contribution >= 0.6 is 0 Å². The van der Waals surface area contributed by atoms with Gasteiger partial charge in [-0.1, -0.05) is 48.5 Å². The molecule has 1 amide bonds. The summed E-state index contributed by atoms with van der Waals surface area (Å²) >= 11 is 0. The molecule has 0 saturated heterocycles. The maximum atomic E-state index is 12.9. The van der Waals surface area contributed by atoms with Crippen molar-refractivity contribution in [2.45, 2.75) is 6.92 Å². The normalized spacial score (nSPS) is 14.0. The number of nitrogens with one attached hydrogen (secondary N) is 2. The summed E-state index contributed by atoms with van der Waals surface area (Å²) in [6, 6.07) is 24.4. The number of esters is 1. The molecule has 0 bridgehead atoms. The van der Waals surface area contributed by atoms with E-state index in [1.165, 1.54) is 0 Å². The van der Waals surface area contributed by atoms with Crippen LogP contribution in [0.2, 0.25) is 0 Å². The Morgan fingerprint density at radius 1 is 0.931 bits per heavy atom. The first-order valence-electron chi connectivity index (χ1n) is 9.42. The maximum Gasteiger partial charge on any atom is 0.338 e. The Hall–Kier alpha value is -3.86. The molecule has 5 heteroatoms. The second-order valence-corrected chi connectivity index (χ2v) is 6.54. The zero-order valence-corrected chi connectivity index (χ0v) is 15.9. The summed E-state index contributed by atoms with van der Waals surface area (Å²) in [5.74, 6) is -0.630. The first-order valence-corrected chi connectivity index (χ1v) is 9.42. The van der Waals surface area contributed by atoms with Crippen LogP contribution in [0, 0.1) is 0 Å². The highest BCUT2D eigenvalue weighted by Gasteiger charge is 2.29. The van der Waals surface area contributed by atoms with Gasteiger partial charge in [0.05, 0.1) is 23.4 Å². The number of rotatable bonds is 5. The second-order valence-electron chi connectivity index (χ2n) is 6.54. The van der Waals surface area contributed by atoms with E-state index in [-0.39, 0.29) is 5.91 Å². The Bertz CT molecular complexity index is 1090. The molecule has 29 heavy (non-hydrogen) atoms. The lowest BCUT2D eigenvalue weighted by Gasteiger charge is -2.15. The average molecular weight is 384 g/mol. The summed E-state index contributed by atoms with van der Waals surface area (Å²) in [5.41, 5.74) is 4.64. The van der Waals surface area contributed by atoms with Crippen LogP contribution in [-0.2, 0) is 9.53 Å². The number of fused-ring (bicyclic) bond motifs is 1. The van der Waals surface area contributed by atoms with Gasteiger partial charge in [0.1, 0.15) is 0 Å². The van der Waals surface area contributed by atoms with Gasteiger partial charge in [0, 0.05) is 16.9 Å².